The van der Waals surface area contributed by atoms with Crippen LogP contribution in [0.15, 0.2) is 108 Å². The van der Waals surface area contributed by atoms with Crippen molar-refractivity contribution in [2.45, 2.75) is 19.8 Å². The lowest BCUT2D eigenvalue weighted by Crippen LogP contribution is -1.95. The Morgan fingerprint density at radius 2 is 1.03 bits per heavy atom. The number of hydrogen-bond donors (Lipinski definition) is 0. The standard InChI is InChI=1S/C31H24N4O/c1-2-8-28-34-35-31(36-28)25-19-15-22(16-20-25)21-13-17-24(18-14-21)30-29(23-9-4-3-5-10-23)32-26-11-6-7-12-27(26)33-30/h3-7,9-20H,2,8H2,1H3. The SMILES string of the molecule is CCCc1nnc(-c2ccc(-c3ccc(-c4nc5ccccc5nc4-c4ccccc4)cc3)cc2)o1. The molecule has 2 aromatic heterocycles. The quantitative estimate of drug-likeness (QED) is 0.251. The average Bonchev–Trinajstić information content (AvgIpc) is 3.42. The van der Waals surface area contributed by atoms with E-state index in [1.165, 1.54) is 0 Å². The van der Waals surface area contributed by atoms with Crippen molar-refractivity contribution in [1.29, 1.82) is 0 Å². The van der Waals surface area contributed by atoms with Crippen molar-refractivity contribution in [3.8, 4) is 45.1 Å². The van der Waals surface area contributed by atoms with E-state index in [0.29, 0.717) is 11.8 Å². The first-order valence-corrected chi connectivity index (χ1v) is 12.1. The van der Waals surface area contributed by atoms with Crippen molar-refractivity contribution in [3.63, 3.8) is 0 Å². The minimum absolute atomic E-state index is 0.559. The summed E-state index contributed by atoms with van der Waals surface area (Å²) in [5.41, 5.74) is 8.77. The fraction of sp³-hybridized carbons (Fsp3) is 0.0968. The van der Waals surface area contributed by atoms with Crippen LogP contribution in [-0.2, 0) is 6.42 Å². The highest BCUT2D eigenvalue weighted by Gasteiger charge is 2.14. The lowest BCUT2D eigenvalue weighted by Gasteiger charge is -2.11. The largest absolute Gasteiger partial charge is 0.421 e. The molecule has 174 valence electrons. The fourth-order valence-electron chi connectivity index (χ4n) is 4.31. The molecule has 5 heteroatoms. The summed E-state index contributed by atoms with van der Waals surface area (Å²) >= 11 is 0. The van der Waals surface area contributed by atoms with Crippen LogP contribution in [0, 0.1) is 0 Å². The molecule has 0 spiro atoms. The van der Waals surface area contributed by atoms with Crippen LogP contribution in [0.1, 0.15) is 19.2 Å². The van der Waals surface area contributed by atoms with Crippen molar-refractivity contribution < 1.29 is 4.42 Å². The topological polar surface area (TPSA) is 64.7 Å². The van der Waals surface area contributed by atoms with E-state index >= 15 is 0 Å². The van der Waals surface area contributed by atoms with E-state index in [-0.39, 0.29) is 0 Å². The third-order valence-corrected chi connectivity index (χ3v) is 6.17. The second-order valence-corrected chi connectivity index (χ2v) is 8.68. The van der Waals surface area contributed by atoms with E-state index in [0.717, 1.165) is 63.1 Å². The Morgan fingerprint density at radius 3 is 1.61 bits per heavy atom. The zero-order chi connectivity index (χ0) is 24.3. The number of rotatable bonds is 6. The number of benzene rings is 4. The van der Waals surface area contributed by atoms with Gasteiger partial charge in [0.2, 0.25) is 11.8 Å². The summed E-state index contributed by atoms with van der Waals surface area (Å²) < 4.78 is 5.76. The molecule has 6 aromatic rings. The molecule has 0 aliphatic heterocycles. The number of aromatic nitrogens is 4. The summed E-state index contributed by atoms with van der Waals surface area (Å²) in [5, 5.41) is 8.30. The van der Waals surface area contributed by atoms with Crippen LogP contribution in [-0.4, -0.2) is 20.2 Å². The molecule has 0 radical (unpaired) electrons. The molecule has 6 rings (SSSR count). The zero-order valence-electron chi connectivity index (χ0n) is 19.9. The van der Waals surface area contributed by atoms with Gasteiger partial charge in [-0.15, -0.1) is 10.2 Å². The van der Waals surface area contributed by atoms with E-state index in [4.69, 9.17) is 14.4 Å². The van der Waals surface area contributed by atoms with Crippen LogP contribution in [0.2, 0.25) is 0 Å². The highest BCUT2D eigenvalue weighted by atomic mass is 16.4. The molecule has 0 saturated heterocycles. The van der Waals surface area contributed by atoms with E-state index < -0.39 is 0 Å². The number of aryl methyl sites for hydroxylation is 1. The molecule has 0 fully saturated rings. The summed E-state index contributed by atoms with van der Waals surface area (Å²) in [6.45, 7) is 2.10. The second kappa shape index (κ2) is 9.55. The van der Waals surface area contributed by atoms with Crippen molar-refractivity contribution in [2.75, 3.05) is 0 Å². The van der Waals surface area contributed by atoms with E-state index in [2.05, 4.69) is 65.7 Å². The van der Waals surface area contributed by atoms with Gasteiger partial charge in [-0.25, -0.2) is 9.97 Å². The van der Waals surface area contributed by atoms with Gasteiger partial charge in [-0.05, 0) is 41.8 Å². The Hall–Kier alpha value is -4.64. The maximum atomic E-state index is 5.76. The van der Waals surface area contributed by atoms with Crippen LogP contribution in [0.4, 0.5) is 0 Å². The number of nitrogens with zero attached hydrogens (tertiary/aromatic N) is 4. The van der Waals surface area contributed by atoms with E-state index in [1.807, 2.05) is 54.6 Å². The third kappa shape index (κ3) is 4.27. The second-order valence-electron chi connectivity index (χ2n) is 8.68. The molecule has 0 bridgehead atoms. The molecule has 2 heterocycles. The molecular weight excluding hydrogens is 444 g/mol. The molecule has 0 atom stereocenters. The Labute approximate surface area is 209 Å². The van der Waals surface area contributed by atoms with Gasteiger partial charge in [0.25, 0.3) is 0 Å². The van der Waals surface area contributed by atoms with Gasteiger partial charge in [0.15, 0.2) is 0 Å². The van der Waals surface area contributed by atoms with Gasteiger partial charge in [-0.2, -0.15) is 0 Å². The lowest BCUT2D eigenvalue weighted by atomic mass is 9.99. The lowest BCUT2D eigenvalue weighted by molar-refractivity contribution is 0.502. The molecule has 0 unspecified atom stereocenters. The molecule has 0 N–H and O–H groups in total. The summed E-state index contributed by atoms with van der Waals surface area (Å²) in [4.78, 5) is 9.97. The predicted octanol–water partition coefficient (Wildman–Crippen LogP) is 7.63. The van der Waals surface area contributed by atoms with E-state index in [1.54, 1.807) is 0 Å². The van der Waals surface area contributed by atoms with Crippen LogP contribution in [0.3, 0.4) is 0 Å². The van der Waals surface area contributed by atoms with Crippen molar-refractivity contribution in [2.24, 2.45) is 0 Å². The van der Waals surface area contributed by atoms with Crippen LogP contribution >= 0.6 is 0 Å². The number of para-hydroxylation sites is 2. The normalized spacial score (nSPS) is 11.1. The fourth-order valence-corrected chi connectivity index (χ4v) is 4.31. The number of hydrogen-bond acceptors (Lipinski definition) is 5. The van der Waals surface area contributed by atoms with Gasteiger partial charge < -0.3 is 4.42 Å². The molecule has 0 aliphatic rings. The molecular formula is C31H24N4O. The highest BCUT2D eigenvalue weighted by Crippen LogP contribution is 2.32. The molecule has 4 aromatic carbocycles. The minimum atomic E-state index is 0.559. The molecule has 5 nitrogen and oxygen atoms in total. The van der Waals surface area contributed by atoms with Crippen molar-refractivity contribution >= 4 is 11.0 Å². The summed E-state index contributed by atoms with van der Waals surface area (Å²) in [6, 6.07) is 34.9. The Bertz CT molecular complexity index is 1620. The first-order valence-electron chi connectivity index (χ1n) is 12.1. The Kier molecular flexibility index (Phi) is 5.80. The smallest absolute Gasteiger partial charge is 0.247 e. The van der Waals surface area contributed by atoms with Gasteiger partial charge >= 0.3 is 0 Å². The minimum Gasteiger partial charge on any atom is -0.421 e. The highest BCUT2D eigenvalue weighted by molar-refractivity contribution is 5.86. The maximum Gasteiger partial charge on any atom is 0.247 e. The van der Waals surface area contributed by atoms with Gasteiger partial charge in [0.05, 0.1) is 22.4 Å². The molecule has 36 heavy (non-hydrogen) atoms. The maximum absolute atomic E-state index is 5.76. The first-order chi connectivity index (χ1) is 17.8. The summed E-state index contributed by atoms with van der Waals surface area (Å²) in [7, 11) is 0. The van der Waals surface area contributed by atoms with Crippen LogP contribution in [0.25, 0.3) is 56.1 Å². The molecule has 0 saturated carbocycles. The van der Waals surface area contributed by atoms with Gasteiger partial charge in [-0.1, -0.05) is 85.8 Å². The van der Waals surface area contributed by atoms with E-state index in [9.17, 15) is 0 Å². The third-order valence-electron chi connectivity index (χ3n) is 6.17. The van der Waals surface area contributed by atoms with Gasteiger partial charge in [-0.3, -0.25) is 0 Å². The Morgan fingerprint density at radius 1 is 0.528 bits per heavy atom. The van der Waals surface area contributed by atoms with Crippen LogP contribution < -0.4 is 0 Å². The van der Waals surface area contributed by atoms with Crippen molar-refractivity contribution in [1.82, 2.24) is 20.2 Å². The summed E-state index contributed by atoms with van der Waals surface area (Å²) in [5.74, 6) is 1.24. The summed E-state index contributed by atoms with van der Waals surface area (Å²) in [6.07, 6.45) is 1.78. The first kappa shape index (κ1) is 21.9. The van der Waals surface area contributed by atoms with Crippen LogP contribution in [0.5, 0.6) is 0 Å². The Balaban J connectivity index is 1.33. The zero-order valence-corrected chi connectivity index (χ0v) is 19.9. The monoisotopic (exact) mass is 468 g/mol. The van der Waals surface area contributed by atoms with Gasteiger partial charge in [0.1, 0.15) is 0 Å². The predicted molar refractivity (Wildman–Crippen MR) is 143 cm³/mol. The number of fused-ring (bicyclic) bond motifs is 1. The molecule has 0 aliphatic carbocycles. The van der Waals surface area contributed by atoms with Crippen molar-refractivity contribution in [3.05, 3.63) is 109 Å². The molecule has 0 amide bonds. The average molecular weight is 469 g/mol. The van der Waals surface area contributed by atoms with Gasteiger partial charge in [0, 0.05) is 23.1 Å².